The lowest BCUT2D eigenvalue weighted by atomic mass is 9.59. The Hall–Kier alpha value is -4.37. The summed E-state index contributed by atoms with van der Waals surface area (Å²) >= 11 is 0. The van der Waals surface area contributed by atoms with Gasteiger partial charge in [0.2, 0.25) is 5.78 Å². The predicted octanol–water partition coefficient (Wildman–Crippen LogP) is 2.64. The average molecular weight is 503 g/mol. The van der Waals surface area contributed by atoms with E-state index in [0.717, 1.165) is 16.8 Å². The van der Waals surface area contributed by atoms with Crippen molar-refractivity contribution in [1.82, 2.24) is 0 Å². The first kappa shape index (κ1) is 24.3. The van der Waals surface area contributed by atoms with Crippen molar-refractivity contribution in [2.24, 2.45) is 17.6 Å². The Morgan fingerprint density at radius 3 is 2.41 bits per heavy atom. The number of fused-ring (bicyclic) bond motifs is 3. The number of amides is 1. The molecule has 1 saturated carbocycles. The van der Waals surface area contributed by atoms with Crippen molar-refractivity contribution >= 4 is 41.1 Å². The Balaban J connectivity index is 1.60. The van der Waals surface area contributed by atoms with Crippen molar-refractivity contribution in [2.75, 3.05) is 12.4 Å². The SMILES string of the molecule is CNc1ccc(/C=C/c2ccc(O)c3c2C[C@H]2C[C@H]4CC(=O)C(C(N)=O)=C(O)[C@@]4(O)C(=O)C2=C3O)cc1. The minimum absolute atomic E-state index is 0.0693. The highest BCUT2D eigenvalue weighted by Gasteiger charge is 2.60. The number of nitrogens with one attached hydrogen (secondary N) is 1. The van der Waals surface area contributed by atoms with Crippen LogP contribution in [-0.4, -0.2) is 50.5 Å². The lowest BCUT2D eigenvalue weighted by Crippen LogP contribution is -2.58. The molecule has 3 atom stereocenters. The van der Waals surface area contributed by atoms with Crippen LogP contribution in [0.25, 0.3) is 17.9 Å². The monoisotopic (exact) mass is 502 g/mol. The quantitative estimate of drug-likeness (QED) is 0.274. The molecule has 37 heavy (non-hydrogen) atoms. The van der Waals surface area contributed by atoms with Gasteiger partial charge >= 0.3 is 0 Å². The zero-order valence-electron chi connectivity index (χ0n) is 20.0. The molecule has 0 bridgehead atoms. The number of hydrogen-bond acceptors (Lipinski definition) is 8. The van der Waals surface area contributed by atoms with E-state index in [9.17, 15) is 34.8 Å². The summed E-state index contributed by atoms with van der Waals surface area (Å²) in [4.78, 5) is 37.8. The van der Waals surface area contributed by atoms with Gasteiger partial charge < -0.3 is 31.5 Å². The summed E-state index contributed by atoms with van der Waals surface area (Å²) < 4.78 is 0. The summed E-state index contributed by atoms with van der Waals surface area (Å²) in [6.45, 7) is 0. The molecule has 0 radical (unpaired) electrons. The van der Waals surface area contributed by atoms with Gasteiger partial charge in [-0.1, -0.05) is 30.4 Å². The van der Waals surface area contributed by atoms with Gasteiger partial charge in [0.15, 0.2) is 11.4 Å². The number of aliphatic hydroxyl groups excluding tert-OH is 2. The van der Waals surface area contributed by atoms with Crippen LogP contribution in [0.2, 0.25) is 0 Å². The molecule has 0 spiro atoms. The second kappa shape index (κ2) is 8.63. The largest absolute Gasteiger partial charge is 0.508 e. The number of aromatic hydroxyl groups is 1. The van der Waals surface area contributed by atoms with Gasteiger partial charge in [-0.25, -0.2) is 0 Å². The van der Waals surface area contributed by atoms with Crippen molar-refractivity contribution < 1.29 is 34.8 Å². The molecule has 0 saturated heterocycles. The Bertz CT molecular complexity index is 1450. The minimum Gasteiger partial charge on any atom is -0.508 e. The van der Waals surface area contributed by atoms with Crippen LogP contribution in [0.5, 0.6) is 5.75 Å². The van der Waals surface area contributed by atoms with Crippen LogP contribution in [-0.2, 0) is 20.8 Å². The number of rotatable bonds is 4. The fourth-order valence-electron chi connectivity index (χ4n) is 5.75. The summed E-state index contributed by atoms with van der Waals surface area (Å²) in [5.41, 5.74) is 5.00. The third-order valence-corrected chi connectivity index (χ3v) is 7.64. The predicted molar refractivity (Wildman–Crippen MR) is 136 cm³/mol. The number of phenols is 1. The van der Waals surface area contributed by atoms with E-state index in [0.29, 0.717) is 5.56 Å². The van der Waals surface area contributed by atoms with Crippen LogP contribution in [0.3, 0.4) is 0 Å². The van der Waals surface area contributed by atoms with Gasteiger partial charge in [0.25, 0.3) is 5.91 Å². The fourth-order valence-corrected chi connectivity index (χ4v) is 5.75. The maximum Gasteiger partial charge on any atom is 0.255 e. The number of phenolic OH excluding ortho intramolecular Hbond substituents is 1. The Morgan fingerprint density at radius 1 is 1.05 bits per heavy atom. The molecule has 0 aliphatic heterocycles. The molecule has 0 aromatic heterocycles. The number of hydrogen-bond donors (Lipinski definition) is 6. The van der Waals surface area contributed by atoms with Crippen molar-refractivity contribution in [3.8, 4) is 5.75 Å². The molecule has 190 valence electrons. The van der Waals surface area contributed by atoms with Gasteiger partial charge in [0, 0.05) is 30.6 Å². The smallest absolute Gasteiger partial charge is 0.255 e. The number of nitrogens with two attached hydrogens (primary N) is 1. The number of aliphatic hydroxyl groups is 3. The molecule has 2 aromatic carbocycles. The van der Waals surface area contributed by atoms with Crippen LogP contribution >= 0.6 is 0 Å². The van der Waals surface area contributed by atoms with E-state index in [1.54, 1.807) is 6.07 Å². The van der Waals surface area contributed by atoms with Crippen LogP contribution in [0, 0.1) is 11.8 Å². The Morgan fingerprint density at radius 2 is 1.76 bits per heavy atom. The minimum atomic E-state index is -2.57. The topological polar surface area (TPSA) is 170 Å². The van der Waals surface area contributed by atoms with E-state index in [4.69, 9.17) is 5.73 Å². The highest BCUT2D eigenvalue weighted by molar-refractivity contribution is 6.22. The third kappa shape index (κ3) is 3.62. The molecule has 0 heterocycles. The zero-order chi connectivity index (χ0) is 26.6. The molecule has 7 N–H and O–H groups in total. The molecule has 9 nitrogen and oxygen atoms in total. The number of benzene rings is 2. The lowest BCUT2D eigenvalue weighted by molar-refractivity contribution is -0.147. The molecule has 0 unspecified atom stereocenters. The first-order valence-electron chi connectivity index (χ1n) is 11.9. The number of anilines is 1. The van der Waals surface area contributed by atoms with Gasteiger partial charge in [0.05, 0.1) is 5.56 Å². The second-order valence-corrected chi connectivity index (χ2v) is 9.64. The van der Waals surface area contributed by atoms with Crippen LogP contribution in [0.15, 0.2) is 53.3 Å². The van der Waals surface area contributed by atoms with Gasteiger partial charge in [-0.3, -0.25) is 14.4 Å². The van der Waals surface area contributed by atoms with Crippen molar-refractivity contribution in [1.29, 1.82) is 0 Å². The van der Waals surface area contributed by atoms with Crippen LogP contribution in [0.4, 0.5) is 5.69 Å². The van der Waals surface area contributed by atoms with Crippen LogP contribution in [0.1, 0.15) is 35.1 Å². The summed E-state index contributed by atoms with van der Waals surface area (Å²) in [6, 6.07) is 10.9. The lowest BCUT2D eigenvalue weighted by Gasteiger charge is -2.46. The molecule has 1 fully saturated rings. The average Bonchev–Trinajstić information content (AvgIpc) is 2.86. The zero-order valence-corrected chi connectivity index (χ0v) is 20.0. The number of Topliss-reactive ketones (excluding diaryl/α,β-unsaturated/α-hetero) is 2. The molecule has 5 rings (SSSR count). The standard InChI is InChI=1S/C28H26N2O7/c1-30-17-7-3-13(4-8-17)2-5-14-6-9-19(31)22-18(14)11-15-10-16-12-20(32)23(27(29)36)26(35)28(16,37)25(34)21(15)24(22)33/h2-9,15-16,30-31,33,35,37H,10-12H2,1H3,(H2,29,36)/b5-2+/t15-,16+,28+/m1/s1. The van der Waals surface area contributed by atoms with E-state index in [2.05, 4.69) is 5.32 Å². The normalized spacial score (nSPS) is 25.1. The van der Waals surface area contributed by atoms with Gasteiger partial charge in [-0.05, 0) is 53.6 Å². The summed E-state index contributed by atoms with van der Waals surface area (Å²) in [5.74, 6) is -6.40. The maximum absolute atomic E-state index is 13.6. The van der Waals surface area contributed by atoms with E-state index in [1.807, 2.05) is 43.5 Å². The van der Waals surface area contributed by atoms with E-state index in [1.165, 1.54) is 6.07 Å². The Kier molecular flexibility index (Phi) is 5.68. The summed E-state index contributed by atoms with van der Waals surface area (Å²) in [7, 11) is 1.83. The Labute approximate surface area is 212 Å². The van der Waals surface area contributed by atoms with Crippen molar-refractivity contribution in [2.45, 2.75) is 24.9 Å². The van der Waals surface area contributed by atoms with Gasteiger partial charge in [-0.2, -0.15) is 0 Å². The highest BCUT2D eigenvalue weighted by atomic mass is 16.3. The molecule has 1 amide bonds. The number of carbonyl (C=O) groups excluding carboxylic acids is 3. The second-order valence-electron chi connectivity index (χ2n) is 9.64. The molecule has 2 aromatic rings. The fraction of sp³-hybridized carbons (Fsp3) is 0.250. The summed E-state index contributed by atoms with van der Waals surface area (Å²) in [6.07, 6.45) is 3.73. The third-order valence-electron chi connectivity index (χ3n) is 7.64. The van der Waals surface area contributed by atoms with Gasteiger partial charge in [0.1, 0.15) is 22.8 Å². The first-order valence-corrected chi connectivity index (χ1v) is 11.9. The molecule has 9 heteroatoms. The van der Waals surface area contributed by atoms with Crippen molar-refractivity contribution in [3.05, 3.63) is 75.6 Å². The van der Waals surface area contributed by atoms with Crippen molar-refractivity contribution in [3.63, 3.8) is 0 Å². The molecular weight excluding hydrogens is 476 g/mol. The van der Waals surface area contributed by atoms with E-state index < -0.39 is 52.0 Å². The van der Waals surface area contributed by atoms with E-state index >= 15 is 0 Å². The number of primary amides is 1. The molecule has 3 aliphatic carbocycles. The number of carbonyl (C=O) groups is 3. The van der Waals surface area contributed by atoms with E-state index in [-0.39, 0.29) is 36.1 Å². The summed E-state index contributed by atoms with van der Waals surface area (Å²) in [5, 5.41) is 46.8. The number of ketones is 2. The van der Waals surface area contributed by atoms with Crippen LogP contribution < -0.4 is 11.1 Å². The highest BCUT2D eigenvalue weighted by Crippen LogP contribution is 2.52. The molecular formula is C28H26N2O7. The first-order chi connectivity index (χ1) is 17.6. The maximum atomic E-state index is 13.6. The molecule has 3 aliphatic rings. The van der Waals surface area contributed by atoms with Gasteiger partial charge in [-0.15, -0.1) is 0 Å².